The summed E-state index contributed by atoms with van der Waals surface area (Å²) < 4.78 is 5.92. The predicted octanol–water partition coefficient (Wildman–Crippen LogP) is 3.04. The molecular weight excluding hydrogens is 469 g/mol. The molecule has 0 saturated carbocycles. The molecule has 1 heterocycles. The molecule has 0 bridgehead atoms. The fraction of sp³-hybridized carbons (Fsp3) is 0.607. The minimum absolute atomic E-state index is 0.0114. The van der Waals surface area contributed by atoms with Crippen molar-refractivity contribution in [2.24, 2.45) is 5.92 Å². The molecule has 8 nitrogen and oxygen atoms in total. The molecule has 0 unspecified atom stereocenters. The monoisotopic (exact) mass is 511 g/mol. The third-order valence-corrected chi connectivity index (χ3v) is 6.69. The summed E-state index contributed by atoms with van der Waals surface area (Å²) >= 11 is 0. The van der Waals surface area contributed by atoms with Crippen molar-refractivity contribution in [3.8, 4) is 0 Å². The van der Waals surface area contributed by atoms with Gasteiger partial charge in [0, 0.05) is 18.8 Å². The van der Waals surface area contributed by atoms with E-state index in [1.807, 2.05) is 45.0 Å². The molecule has 1 fully saturated rings. The Labute approximate surface area is 222 Å². The average molecular weight is 511 g/mol. The zero-order valence-electron chi connectivity index (χ0n) is 22.7. The lowest BCUT2D eigenvalue weighted by Gasteiger charge is -2.26. The predicted molar refractivity (Wildman–Crippen MR) is 146 cm³/mol. The molecule has 0 spiro atoms. The molecule has 1 aromatic rings. The lowest BCUT2D eigenvalue weighted by Crippen LogP contribution is -2.44. The van der Waals surface area contributed by atoms with Crippen molar-refractivity contribution in [3.63, 3.8) is 0 Å². The van der Waals surface area contributed by atoms with Crippen molar-refractivity contribution in [2.45, 2.75) is 77.7 Å². The topological polar surface area (TPSA) is 103 Å². The number of hydrogen-bond acceptors (Lipinski definition) is 6. The molecule has 0 aliphatic carbocycles. The van der Waals surface area contributed by atoms with Gasteiger partial charge in [0.15, 0.2) is 5.78 Å². The lowest BCUT2D eigenvalue weighted by molar-refractivity contribution is -0.129. The Kier molecular flexibility index (Phi) is 13.0. The zero-order valence-corrected chi connectivity index (χ0v) is 22.7. The number of amides is 1. The normalized spacial score (nSPS) is 17.5. The number of benzene rings is 1. The van der Waals surface area contributed by atoms with Gasteiger partial charge in [0.25, 0.3) is 5.91 Å². The van der Waals surface area contributed by atoms with Gasteiger partial charge in [-0.1, -0.05) is 58.0 Å². The van der Waals surface area contributed by atoms with Crippen LogP contribution in [0.15, 0.2) is 36.0 Å². The van der Waals surface area contributed by atoms with Crippen LogP contribution in [0.25, 0.3) is 4.85 Å². The maximum atomic E-state index is 13.1. The molecule has 2 rings (SSSR count). The standard InChI is InChI=1S/C28H42BN3O5/c1-6-21-10-8-11-22(15-21)16-23(29(35)36)17-27(33)26(31-7-2)19-37-18-24-12-9-13-32(24)28(34)25(30-5)14-20(3)4/h8,10-11,14-15,20,23-24,26,31,35-36H,6-7,9,12-13,16-19H2,1-4H3/t23-,24-,26+/m1/s1. The number of aryl methyl sites for hydroxylation is 1. The Morgan fingerprint density at radius 2 is 2.03 bits per heavy atom. The van der Waals surface area contributed by atoms with E-state index < -0.39 is 19.0 Å². The molecule has 1 aliphatic rings. The van der Waals surface area contributed by atoms with Crippen molar-refractivity contribution < 1.29 is 24.4 Å². The van der Waals surface area contributed by atoms with Gasteiger partial charge in [-0.3, -0.25) is 9.59 Å². The van der Waals surface area contributed by atoms with Gasteiger partial charge in [-0.15, -0.1) is 0 Å². The van der Waals surface area contributed by atoms with Crippen LogP contribution in [-0.2, 0) is 27.2 Å². The highest BCUT2D eigenvalue weighted by atomic mass is 16.5. The van der Waals surface area contributed by atoms with Gasteiger partial charge in [-0.05, 0) is 49.3 Å². The first-order valence-corrected chi connectivity index (χ1v) is 13.4. The number of carbonyl (C=O) groups is 2. The molecule has 1 amide bonds. The van der Waals surface area contributed by atoms with E-state index in [0.29, 0.717) is 19.5 Å². The quantitative estimate of drug-likeness (QED) is 0.190. The summed E-state index contributed by atoms with van der Waals surface area (Å²) in [4.78, 5) is 31.1. The van der Waals surface area contributed by atoms with Gasteiger partial charge >= 0.3 is 7.12 Å². The average Bonchev–Trinajstić information content (AvgIpc) is 3.34. The number of ketones is 1. The van der Waals surface area contributed by atoms with Crippen LogP contribution < -0.4 is 5.32 Å². The summed E-state index contributed by atoms with van der Waals surface area (Å²) in [5.41, 5.74) is 2.27. The molecule has 1 saturated heterocycles. The van der Waals surface area contributed by atoms with Crippen molar-refractivity contribution in [2.75, 3.05) is 26.3 Å². The van der Waals surface area contributed by atoms with Crippen molar-refractivity contribution in [1.82, 2.24) is 10.2 Å². The minimum Gasteiger partial charge on any atom is -0.427 e. The number of allylic oxidation sites excluding steroid dienone is 1. The number of likely N-dealkylation sites (tertiary alicyclic amines) is 1. The van der Waals surface area contributed by atoms with Gasteiger partial charge in [0.1, 0.15) is 0 Å². The van der Waals surface area contributed by atoms with Crippen LogP contribution >= 0.6 is 0 Å². The number of hydrogen-bond donors (Lipinski definition) is 3. The molecule has 37 heavy (non-hydrogen) atoms. The lowest BCUT2D eigenvalue weighted by atomic mass is 9.66. The van der Waals surface area contributed by atoms with E-state index in [-0.39, 0.29) is 49.0 Å². The van der Waals surface area contributed by atoms with Gasteiger partial charge < -0.3 is 25.0 Å². The number of Topliss-reactive ketones (excluding diaryl/α,β-unsaturated/α-hetero) is 1. The summed E-state index contributed by atoms with van der Waals surface area (Å²) in [6.07, 6.45) is 4.61. The Balaban J connectivity index is 1.97. The number of ether oxygens (including phenoxy) is 1. The molecule has 1 aliphatic heterocycles. The fourth-order valence-electron chi connectivity index (χ4n) is 4.69. The van der Waals surface area contributed by atoms with Crippen LogP contribution in [0.2, 0.25) is 5.82 Å². The van der Waals surface area contributed by atoms with Crippen LogP contribution in [0.3, 0.4) is 0 Å². The largest absolute Gasteiger partial charge is 0.455 e. The molecule has 1 aromatic carbocycles. The van der Waals surface area contributed by atoms with E-state index >= 15 is 0 Å². The summed E-state index contributed by atoms with van der Waals surface area (Å²) in [5, 5.41) is 23.1. The smallest absolute Gasteiger partial charge is 0.427 e. The Bertz CT molecular complexity index is 959. The molecule has 202 valence electrons. The van der Waals surface area contributed by atoms with Crippen molar-refractivity contribution in [1.29, 1.82) is 0 Å². The highest BCUT2D eigenvalue weighted by Crippen LogP contribution is 2.23. The number of nitrogens with one attached hydrogen (secondary N) is 1. The maximum Gasteiger partial charge on any atom is 0.455 e. The number of nitrogens with zero attached hydrogens (tertiary/aromatic N) is 2. The first kappa shape index (κ1) is 30.7. The third-order valence-electron chi connectivity index (χ3n) is 6.69. The summed E-state index contributed by atoms with van der Waals surface area (Å²) in [7, 11) is -1.61. The van der Waals surface area contributed by atoms with Gasteiger partial charge in [-0.25, -0.2) is 4.85 Å². The van der Waals surface area contributed by atoms with Crippen LogP contribution in [0, 0.1) is 12.5 Å². The Morgan fingerprint density at radius 3 is 2.65 bits per heavy atom. The van der Waals surface area contributed by atoms with Crippen LogP contribution in [-0.4, -0.2) is 72.1 Å². The van der Waals surface area contributed by atoms with E-state index in [0.717, 1.165) is 30.4 Å². The zero-order chi connectivity index (χ0) is 27.4. The SMILES string of the molecule is [C-]#[N+]C(=CC(C)C)C(=O)N1CCC[C@@H]1COC[C@H](NCC)C(=O)C[C@@H](Cc1cccc(CC)c1)B(O)O. The van der Waals surface area contributed by atoms with E-state index in [9.17, 15) is 19.6 Å². The number of rotatable bonds is 15. The molecule has 0 aromatic heterocycles. The Hall–Kier alpha value is -2.51. The van der Waals surface area contributed by atoms with Crippen molar-refractivity contribution in [3.05, 3.63) is 58.6 Å². The van der Waals surface area contributed by atoms with E-state index in [4.69, 9.17) is 11.3 Å². The van der Waals surface area contributed by atoms with Crippen LogP contribution in [0.5, 0.6) is 0 Å². The summed E-state index contributed by atoms with van der Waals surface area (Å²) in [5.74, 6) is -0.917. The maximum absolute atomic E-state index is 13.1. The first-order valence-electron chi connectivity index (χ1n) is 13.4. The molecule has 3 N–H and O–H groups in total. The highest BCUT2D eigenvalue weighted by molar-refractivity contribution is 6.43. The fourth-order valence-corrected chi connectivity index (χ4v) is 4.69. The minimum atomic E-state index is -1.61. The van der Waals surface area contributed by atoms with E-state index in [1.165, 1.54) is 0 Å². The molecule has 3 atom stereocenters. The summed E-state index contributed by atoms with van der Waals surface area (Å²) in [6.45, 7) is 16.8. The third kappa shape index (κ3) is 9.71. The summed E-state index contributed by atoms with van der Waals surface area (Å²) in [6, 6.07) is 7.23. The van der Waals surface area contributed by atoms with Gasteiger partial charge in [-0.2, -0.15) is 0 Å². The molecule has 0 radical (unpaired) electrons. The molecule has 9 heteroatoms. The Morgan fingerprint density at radius 1 is 1.30 bits per heavy atom. The van der Waals surface area contributed by atoms with Gasteiger partial charge in [0.05, 0.1) is 31.9 Å². The first-order chi connectivity index (χ1) is 17.7. The second-order valence-corrected chi connectivity index (χ2v) is 10.1. The van der Waals surface area contributed by atoms with E-state index in [1.54, 1.807) is 11.0 Å². The van der Waals surface area contributed by atoms with Crippen LogP contribution in [0.4, 0.5) is 0 Å². The number of carbonyl (C=O) groups excluding carboxylic acids is 2. The van der Waals surface area contributed by atoms with Gasteiger partial charge in [0.2, 0.25) is 5.70 Å². The second kappa shape index (κ2) is 15.7. The highest BCUT2D eigenvalue weighted by Gasteiger charge is 2.32. The molecular formula is C28H42BN3O5. The number of likely N-dealkylation sites (N-methyl/N-ethyl adjacent to an activating group) is 1. The second-order valence-electron chi connectivity index (χ2n) is 10.1. The van der Waals surface area contributed by atoms with E-state index in [2.05, 4.69) is 17.1 Å². The van der Waals surface area contributed by atoms with Crippen LogP contribution in [0.1, 0.15) is 58.1 Å². The van der Waals surface area contributed by atoms with Crippen molar-refractivity contribution >= 4 is 18.8 Å².